The van der Waals surface area contributed by atoms with Crippen molar-refractivity contribution in [2.45, 2.75) is 45.6 Å². The van der Waals surface area contributed by atoms with E-state index in [0.717, 1.165) is 6.42 Å². The maximum atomic E-state index is 12.2. The third-order valence-corrected chi connectivity index (χ3v) is 4.55. The van der Waals surface area contributed by atoms with Crippen molar-refractivity contribution in [2.24, 2.45) is 5.92 Å². The van der Waals surface area contributed by atoms with E-state index in [1.807, 2.05) is 20.8 Å². The number of fused-ring (bicyclic) bond motifs is 1. The van der Waals surface area contributed by atoms with Crippen molar-refractivity contribution in [1.82, 2.24) is 9.96 Å². The quantitative estimate of drug-likeness (QED) is 0.720. The zero-order valence-corrected chi connectivity index (χ0v) is 16.3. The summed E-state index contributed by atoms with van der Waals surface area (Å²) in [7, 11) is 0. The third-order valence-electron chi connectivity index (χ3n) is 4.55. The van der Waals surface area contributed by atoms with Crippen LogP contribution in [0.5, 0.6) is 0 Å². The molecule has 1 aromatic carbocycles. The minimum Gasteiger partial charge on any atom is -0.444 e. The van der Waals surface area contributed by atoms with E-state index in [1.54, 1.807) is 17.0 Å². The average Bonchev–Trinajstić information content (AvgIpc) is 2.80. The van der Waals surface area contributed by atoms with Crippen molar-refractivity contribution in [3.63, 3.8) is 0 Å². The lowest BCUT2D eigenvalue weighted by Gasteiger charge is -2.39. The predicted octanol–water partition coefficient (Wildman–Crippen LogP) is 2.78. The van der Waals surface area contributed by atoms with E-state index in [-0.39, 0.29) is 23.6 Å². The van der Waals surface area contributed by atoms with Gasteiger partial charge < -0.3 is 14.5 Å². The summed E-state index contributed by atoms with van der Waals surface area (Å²) in [5.41, 5.74) is -0.0512. The molecule has 0 spiro atoms. The molecule has 0 aromatic heterocycles. The number of nitrogens with zero attached hydrogens (tertiary/aromatic N) is 2. The fourth-order valence-corrected chi connectivity index (χ4v) is 3.16. The number of benzene rings is 1. The van der Waals surface area contributed by atoms with E-state index in [9.17, 15) is 19.2 Å². The molecule has 2 heterocycles. The number of hydrogen-bond acceptors (Lipinski definition) is 6. The van der Waals surface area contributed by atoms with Gasteiger partial charge in [0.05, 0.1) is 11.1 Å². The summed E-state index contributed by atoms with van der Waals surface area (Å²) in [6, 6.07) is 6.34. The highest BCUT2D eigenvalue weighted by Crippen LogP contribution is 2.25. The zero-order chi connectivity index (χ0) is 20.5. The van der Waals surface area contributed by atoms with Crippen molar-refractivity contribution < 1.29 is 28.8 Å². The number of hydrogen-bond donors (Lipinski definition) is 0. The number of imide groups is 1. The fourth-order valence-electron chi connectivity index (χ4n) is 3.16. The Kier molecular flexibility index (Phi) is 5.40. The van der Waals surface area contributed by atoms with Gasteiger partial charge in [-0.15, -0.1) is 0 Å². The number of carbonyl (C=O) groups is 4. The molecule has 0 unspecified atom stereocenters. The van der Waals surface area contributed by atoms with Gasteiger partial charge >= 0.3 is 12.1 Å². The molecule has 28 heavy (non-hydrogen) atoms. The minimum absolute atomic E-state index is 0.0936. The smallest absolute Gasteiger partial charge is 0.410 e. The molecule has 8 nitrogen and oxygen atoms in total. The first-order chi connectivity index (χ1) is 13.2. The maximum Gasteiger partial charge on any atom is 0.410 e. The molecule has 1 fully saturated rings. The molecule has 0 aliphatic carbocycles. The molecule has 0 saturated carbocycles. The molecule has 0 bridgehead atoms. The number of carbonyl (C=O) groups excluding carboxylic acids is 4. The lowest BCUT2D eigenvalue weighted by Crippen LogP contribution is -2.51. The van der Waals surface area contributed by atoms with Gasteiger partial charge in [-0.3, -0.25) is 9.59 Å². The second-order valence-corrected chi connectivity index (χ2v) is 8.06. The van der Waals surface area contributed by atoms with Crippen molar-refractivity contribution in [2.75, 3.05) is 13.1 Å². The highest BCUT2D eigenvalue weighted by atomic mass is 16.7. The van der Waals surface area contributed by atoms with Gasteiger partial charge in [0, 0.05) is 19.5 Å². The Bertz CT molecular complexity index is 772. The van der Waals surface area contributed by atoms with Crippen LogP contribution in [0.25, 0.3) is 0 Å². The van der Waals surface area contributed by atoms with Crippen LogP contribution >= 0.6 is 0 Å². The molecule has 0 N–H and O–H groups in total. The zero-order valence-electron chi connectivity index (χ0n) is 16.3. The topological polar surface area (TPSA) is 93.2 Å². The number of likely N-dealkylation sites (tertiary alicyclic amines) is 1. The summed E-state index contributed by atoms with van der Waals surface area (Å²) in [5, 5.41) is 0.528. The molecule has 1 saturated heterocycles. The van der Waals surface area contributed by atoms with E-state index in [1.165, 1.54) is 12.1 Å². The van der Waals surface area contributed by atoms with Crippen LogP contribution in [0.1, 0.15) is 60.7 Å². The number of amides is 3. The van der Waals surface area contributed by atoms with Crippen LogP contribution in [-0.4, -0.2) is 52.5 Å². The second kappa shape index (κ2) is 7.61. The average molecular weight is 388 g/mol. The van der Waals surface area contributed by atoms with E-state index < -0.39 is 23.4 Å². The van der Waals surface area contributed by atoms with Crippen LogP contribution in [0, 0.1) is 5.92 Å². The Morgan fingerprint density at radius 3 is 2.18 bits per heavy atom. The molecule has 8 heteroatoms. The molecular formula is C20H24N2O6. The van der Waals surface area contributed by atoms with Crippen LogP contribution in [0.3, 0.4) is 0 Å². The normalized spacial score (nSPS) is 16.7. The van der Waals surface area contributed by atoms with Crippen LogP contribution < -0.4 is 0 Å². The summed E-state index contributed by atoms with van der Waals surface area (Å²) in [5.74, 6) is -1.57. The van der Waals surface area contributed by atoms with Crippen LogP contribution in [0.4, 0.5) is 4.79 Å². The van der Waals surface area contributed by atoms with Crippen molar-refractivity contribution in [1.29, 1.82) is 0 Å². The summed E-state index contributed by atoms with van der Waals surface area (Å²) in [6.45, 7) is 6.66. The van der Waals surface area contributed by atoms with Gasteiger partial charge in [-0.25, -0.2) is 9.59 Å². The van der Waals surface area contributed by atoms with Crippen molar-refractivity contribution in [3.05, 3.63) is 35.4 Å². The van der Waals surface area contributed by atoms with E-state index in [0.29, 0.717) is 30.5 Å². The number of ether oxygens (including phenoxy) is 1. The monoisotopic (exact) mass is 388 g/mol. The van der Waals surface area contributed by atoms with Crippen molar-refractivity contribution >= 4 is 23.9 Å². The minimum atomic E-state index is -0.627. The van der Waals surface area contributed by atoms with Gasteiger partial charge in [0.25, 0.3) is 11.8 Å². The maximum absolute atomic E-state index is 12.2. The first-order valence-electron chi connectivity index (χ1n) is 9.32. The fraction of sp³-hybridized carbons (Fsp3) is 0.500. The molecule has 150 valence electrons. The van der Waals surface area contributed by atoms with Crippen LogP contribution in [-0.2, 0) is 14.4 Å². The largest absolute Gasteiger partial charge is 0.444 e. The van der Waals surface area contributed by atoms with Crippen molar-refractivity contribution in [3.8, 4) is 0 Å². The summed E-state index contributed by atoms with van der Waals surface area (Å²) in [4.78, 5) is 54.8. The lowest BCUT2D eigenvalue weighted by atomic mass is 9.94. The molecular weight excluding hydrogens is 364 g/mol. The highest BCUT2D eigenvalue weighted by Gasteiger charge is 2.38. The highest BCUT2D eigenvalue weighted by molar-refractivity contribution is 6.20. The Balaban J connectivity index is 1.37. The molecule has 3 amide bonds. The molecule has 2 aliphatic rings. The molecule has 2 aliphatic heterocycles. The van der Waals surface area contributed by atoms with E-state index >= 15 is 0 Å². The van der Waals surface area contributed by atoms with Gasteiger partial charge in [0.1, 0.15) is 5.60 Å². The van der Waals surface area contributed by atoms with Crippen LogP contribution in [0.2, 0.25) is 0 Å². The van der Waals surface area contributed by atoms with E-state index in [4.69, 9.17) is 9.57 Å². The Morgan fingerprint density at radius 2 is 1.64 bits per heavy atom. The summed E-state index contributed by atoms with van der Waals surface area (Å²) in [6.07, 6.45) is 1.07. The van der Waals surface area contributed by atoms with Gasteiger partial charge in [0.2, 0.25) is 0 Å². The molecule has 0 radical (unpaired) electrons. The van der Waals surface area contributed by atoms with Gasteiger partial charge in [-0.05, 0) is 51.7 Å². The third kappa shape index (κ3) is 4.32. The standard InChI is InChI=1S/C20H24N2O6/c1-20(2,3)27-19(26)21-11-13(12-21)7-6-10-16(23)28-22-17(24)14-8-4-5-9-15(14)18(22)25/h4-5,8-9,13H,6-7,10-12H2,1-3H3. The van der Waals surface area contributed by atoms with Crippen LogP contribution in [0.15, 0.2) is 24.3 Å². The van der Waals surface area contributed by atoms with Gasteiger partial charge in [0.15, 0.2) is 0 Å². The summed E-state index contributed by atoms with van der Waals surface area (Å²) < 4.78 is 5.30. The van der Waals surface area contributed by atoms with E-state index in [2.05, 4.69) is 0 Å². The molecule has 1 aromatic rings. The predicted molar refractivity (Wildman–Crippen MR) is 98.2 cm³/mol. The first-order valence-corrected chi connectivity index (χ1v) is 9.32. The van der Waals surface area contributed by atoms with Gasteiger partial charge in [-0.1, -0.05) is 17.2 Å². The number of rotatable bonds is 5. The lowest BCUT2D eigenvalue weighted by molar-refractivity contribution is -0.168. The second-order valence-electron chi connectivity index (χ2n) is 8.06. The first kappa shape index (κ1) is 19.9. The molecule has 3 rings (SSSR count). The Labute approximate surface area is 163 Å². The molecule has 0 atom stereocenters. The van der Waals surface area contributed by atoms with Gasteiger partial charge in [-0.2, -0.15) is 0 Å². The SMILES string of the molecule is CC(C)(C)OC(=O)N1CC(CCCC(=O)ON2C(=O)c3ccccc3C2=O)C1. The Hall–Kier alpha value is -2.90. The Morgan fingerprint density at radius 1 is 1.07 bits per heavy atom. The summed E-state index contributed by atoms with van der Waals surface area (Å²) >= 11 is 0. The number of hydroxylamine groups is 2.